The highest BCUT2D eigenvalue weighted by atomic mass is 16.5. The first-order valence-electron chi connectivity index (χ1n) is 12.8. The number of ether oxygens (including phenoxy) is 1. The third-order valence-electron chi connectivity index (χ3n) is 7.79. The molecule has 0 N–H and O–H groups in total. The second-order valence-electron chi connectivity index (χ2n) is 9.86. The standard InChI is InChI=1S/C31H40O/c1-3-5-7-21-32-31-19-17-26(18-20-31)28-14-16-29-22-27(13-15-30(29)23-28)25-11-9-24(10-12-25)8-6-4-2/h3-5,14,16-20,23-25,27H,2,6-13,15,21-22H2,1H3/b5-3+. The zero-order chi connectivity index (χ0) is 22.2. The Morgan fingerprint density at radius 2 is 1.66 bits per heavy atom. The summed E-state index contributed by atoms with van der Waals surface area (Å²) in [4.78, 5) is 0. The van der Waals surface area contributed by atoms with Gasteiger partial charge >= 0.3 is 0 Å². The maximum absolute atomic E-state index is 5.83. The van der Waals surface area contributed by atoms with Crippen molar-refractivity contribution in [2.45, 2.75) is 71.1 Å². The van der Waals surface area contributed by atoms with Gasteiger partial charge in [0.25, 0.3) is 0 Å². The van der Waals surface area contributed by atoms with Crippen LogP contribution in [0.1, 0.15) is 69.4 Å². The van der Waals surface area contributed by atoms with E-state index in [0.717, 1.165) is 36.5 Å². The number of allylic oxidation sites excluding steroid dienone is 2. The number of aryl methyl sites for hydroxylation is 1. The minimum atomic E-state index is 0.736. The summed E-state index contributed by atoms with van der Waals surface area (Å²) in [5, 5.41) is 0. The molecule has 32 heavy (non-hydrogen) atoms. The summed E-state index contributed by atoms with van der Waals surface area (Å²) in [5.41, 5.74) is 5.80. The molecular formula is C31H40O. The van der Waals surface area contributed by atoms with Gasteiger partial charge in [-0.3, -0.25) is 0 Å². The first-order valence-corrected chi connectivity index (χ1v) is 12.8. The van der Waals surface area contributed by atoms with Crippen LogP contribution >= 0.6 is 0 Å². The molecule has 0 aromatic heterocycles. The molecule has 170 valence electrons. The van der Waals surface area contributed by atoms with Gasteiger partial charge in [-0.05, 0) is 110 Å². The molecule has 1 unspecified atom stereocenters. The SMILES string of the molecule is C=CCCC1CCC(C2CCc3cc(-c4ccc(OCC/C=C/C)cc4)ccc3C2)CC1. The fourth-order valence-electron chi connectivity index (χ4n) is 5.82. The van der Waals surface area contributed by atoms with Crippen molar-refractivity contribution in [1.82, 2.24) is 0 Å². The molecule has 0 bridgehead atoms. The Labute approximate surface area is 195 Å². The summed E-state index contributed by atoms with van der Waals surface area (Å²) in [6.45, 7) is 6.68. The second kappa shape index (κ2) is 11.5. The predicted molar refractivity (Wildman–Crippen MR) is 137 cm³/mol. The van der Waals surface area contributed by atoms with Gasteiger partial charge < -0.3 is 4.74 Å². The maximum atomic E-state index is 5.83. The summed E-state index contributed by atoms with van der Waals surface area (Å²) in [6.07, 6.45) is 19.5. The molecule has 2 aliphatic carbocycles. The van der Waals surface area contributed by atoms with Crippen LogP contribution in [0.5, 0.6) is 5.75 Å². The molecule has 2 aliphatic rings. The van der Waals surface area contributed by atoms with Gasteiger partial charge in [-0.1, -0.05) is 61.4 Å². The fourth-order valence-corrected chi connectivity index (χ4v) is 5.82. The van der Waals surface area contributed by atoms with Crippen molar-refractivity contribution < 1.29 is 4.74 Å². The molecule has 0 aliphatic heterocycles. The van der Waals surface area contributed by atoms with Gasteiger partial charge in [0.2, 0.25) is 0 Å². The van der Waals surface area contributed by atoms with Crippen LogP contribution in [0.2, 0.25) is 0 Å². The molecule has 1 fully saturated rings. The van der Waals surface area contributed by atoms with E-state index >= 15 is 0 Å². The third kappa shape index (κ3) is 5.94. The zero-order valence-corrected chi connectivity index (χ0v) is 19.9. The summed E-state index contributed by atoms with van der Waals surface area (Å²) in [5.74, 6) is 3.75. The van der Waals surface area contributed by atoms with Gasteiger partial charge in [0.1, 0.15) is 5.75 Å². The normalized spacial score (nSPS) is 23.1. The van der Waals surface area contributed by atoms with Crippen LogP contribution < -0.4 is 4.74 Å². The predicted octanol–water partition coefficient (Wildman–Crippen LogP) is 8.58. The molecule has 4 rings (SSSR count). The van der Waals surface area contributed by atoms with Crippen molar-refractivity contribution in [2.75, 3.05) is 6.61 Å². The van der Waals surface area contributed by atoms with Crippen LogP contribution in [-0.4, -0.2) is 6.61 Å². The summed E-state index contributed by atoms with van der Waals surface area (Å²) in [6, 6.07) is 15.8. The first-order chi connectivity index (χ1) is 15.8. The molecule has 0 heterocycles. The fraction of sp³-hybridized carbons (Fsp3) is 0.484. The average molecular weight is 429 g/mol. The number of rotatable bonds is 9. The van der Waals surface area contributed by atoms with Crippen LogP contribution in [0.25, 0.3) is 11.1 Å². The lowest BCUT2D eigenvalue weighted by Crippen LogP contribution is -2.26. The maximum Gasteiger partial charge on any atom is 0.119 e. The van der Waals surface area contributed by atoms with Gasteiger partial charge in [0.05, 0.1) is 6.61 Å². The molecule has 0 amide bonds. The summed E-state index contributed by atoms with van der Waals surface area (Å²) in [7, 11) is 0. The molecular weight excluding hydrogens is 388 g/mol. The number of hydrogen-bond acceptors (Lipinski definition) is 1. The van der Waals surface area contributed by atoms with Crippen LogP contribution in [-0.2, 0) is 12.8 Å². The van der Waals surface area contributed by atoms with Crippen molar-refractivity contribution in [3.8, 4) is 16.9 Å². The Balaban J connectivity index is 1.33. The third-order valence-corrected chi connectivity index (χ3v) is 7.79. The molecule has 1 heteroatoms. The highest BCUT2D eigenvalue weighted by molar-refractivity contribution is 5.66. The van der Waals surface area contributed by atoms with Crippen LogP contribution in [0, 0.1) is 17.8 Å². The van der Waals surface area contributed by atoms with E-state index in [-0.39, 0.29) is 0 Å². The highest BCUT2D eigenvalue weighted by Gasteiger charge is 2.30. The lowest BCUT2D eigenvalue weighted by Gasteiger charge is -2.36. The van der Waals surface area contributed by atoms with E-state index in [1.807, 2.05) is 6.92 Å². The molecule has 2 aromatic carbocycles. The van der Waals surface area contributed by atoms with E-state index < -0.39 is 0 Å². The smallest absolute Gasteiger partial charge is 0.119 e. The number of benzene rings is 2. The Hall–Kier alpha value is -2.28. The minimum Gasteiger partial charge on any atom is -0.493 e. The molecule has 2 aromatic rings. The Kier molecular flexibility index (Phi) is 8.26. The van der Waals surface area contributed by atoms with E-state index in [9.17, 15) is 0 Å². The quantitative estimate of drug-likeness (QED) is 0.287. The van der Waals surface area contributed by atoms with Crippen molar-refractivity contribution in [2.24, 2.45) is 17.8 Å². The van der Waals surface area contributed by atoms with Crippen molar-refractivity contribution in [3.05, 3.63) is 78.4 Å². The van der Waals surface area contributed by atoms with Crippen LogP contribution in [0.3, 0.4) is 0 Å². The number of fused-ring (bicyclic) bond motifs is 1. The monoisotopic (exact) mass is 428 g/mol. The largest absolute Gasteiger partial charge is 0.493 e. The Morgan fingerprint density at radius 3 is 2.41 bits per heavy atom. The Morgan fingerprint density at radius 1 is 0.875 bits per heavy atom. The van der Waals surface area contributed by atoms with Gasteiger partial charge in [-0.25, -0.2) is 0 Å². The van der Waals surface area contributed by atoms with Gasteiger partial charge in [-0.15, -0.1) is 6.58 Å². The molecule has 1 atom stereocenters. The van der Waals surface area contributed by atoms with E-state index in [0.29, 0.717) is 0 Å². The molecule has 0 spiro atoms. The second-order valence-corrected chi connectivity index (χ2v) is 9.86. The lowest BCUT2D eigenvalue weighted by molar-refractivity contribution is 0.185. The molecule has 0 radical (unpaired) electrons. The summed E-state index contributed by atoms with van der Waals surface area (Å²) < 4.78 is 5.83. The Bertz CT molecular complexity index is 883. The van der Waals surface area contributed by atoms with Crippen LogP contribution in [0.4, 0.5) is 0 Å². The molecule has 1 nitrogen and oxygen atoms in total. The van der Waals surface area contributed by atoms with E-state index in [1.165, 1.54) is 68.9 Å². The van der Waals surface area contributed by atoms with Gasteiger partial charge in [-0.2, -0.15) is 0 Å². The molecule has 1 saturated carbocycles. The summed E-state index contributed by atoms with van der Waals surface area (Å²) >= 11 is 0. The first kappa shape index (κ1) is 22.9. The van der Waals surface area contributed by atoms with Crippen LogP contribution in [0.15, 0.2) is 67.3 Å². The zero-order valence-electron chi connectivity index (χ0n) is 19.9. The van der Waals surface area contributed by atoms with Gasteiger partial charge in [0, 0.05) is 0 Å². The van der Waals surface area contributed by atoms with E-state index in [1.54, 1.807) is 11.1 Å². The van der Waals surface area contributed by atoms with Crippen molar-refractivity contribution in [3.63, 3.8) is 0 Å². The topological polar surface area (TPSA) is 9.23 Å². The van der Waals surface area contributed by atoms with Crippen molar-refractivity contribution in [1.29, 1.82) is 0 Å². The molecule has 0 saturated heterocycles. The average Bonchev–Trinajstić information content (AvgIpc) is 2.85. The van der Waals surface area contributed by atoms with E-state index in [2.05, 4.69) is 67.3 Å². The van der Waals surface area contributed by atoms with E-state index in [4.69, 9.17) is 4.74 Å². The highest BCUT2D eigenvalue weighted by Crippen LogP contribution is 2.41. The van der Waals surface area contributed by atoms with Crippen molar-refractivity contribution >= 4 is 0 Å². The minimum absolute atomic E-state index is 0.736. The lowest BCUT2D eigenvalue weighted by atomic mass is 9.69. The number of hydrogen-bond donors (Lipinski definition) is 0. The van der Waals surface area contributed by atoms with Gasteiger partial charge in [0.15, 0.2) is 0 Å².